The smallest absolute Gasteiger partial charge is 0.269 e. The lowest BCUT2D eigenvalue weighted by Crippen LogP contribution is -2.52. The summed E-state index contributed by atoms with van der Waals surface area (Å²) in [7, 11) is -4.30. The Morgan fingerprint density at radius 3 is 2.17 bits per heavy atom. The summed E-state index contributed by atoms with van der Waals surface area (Å²) in [6, 6.07) is 16.8. The minimum atomic E-state index is -4.30. The number of amides is 2. The maximum Gasteiger partial charge on any atom is 0.269 e. The highest BCUT2D eigenvalue weighted by Crippen LogP contribution is 2.26. The Morgan fingerprint density at radius 1 is 0.976 bits per heavy atom. The molecule has 218 valence electrons. The minimum absolute atomic E-state index is 0.0370. The van der Waals surface area contributed by atoms with E-state index in [1.165, 1.54) is 65.6 Å². The van der Waals surface area contributed by atoms with Gasteiger partial charge < -0.3 is 10.2 Å². The van der Waals surface area contributed by atoms with E-state index in [0.29, 0.717) is 12.1 Å². The summed E-state index contributed by atoms with van der Waals surface area (Å²) in [5.74, 6) is -1.52. The molecule has 0 heterocycles. The van der Waals surface area contributed by atoms with Crippen molar-refractivity contribution in [3.05, 3.63) is 100 Å². The summed E-state index contributed by atoms with van der Waals surface area (Å²) in [5.41, 5.74) is 0.340. The molecule has 1 atom stereocenters. The Bertz CT molecular complexity index is 1430. The maximum absolute atomic E-state index is 13.9. The fourth-order valence-electron chi connectivity index (χ4n) is 4.20. The van der Waals surface area contributed by atoms with E-state index in [1.54, 1.807) is 13.0 Å². The van der Waals surface area contributed by atoms with Crippen molar-refractivity contribution < 1.29 is 27.3 Å². The zero-order valence-corrected chi connectivity index (χ0v) is 23.7. The van der Waals surface area contributed by atoms with Gasteiger partial charge >= 0.3 is 0 Å². The molecule has 1 unspecified atom stereocenters. The van der Waals surface area contributed by atoms with Crippen molar-refractivity contribution in [3.8, 4) is 0 Å². The van der Waals surface area contributed by atoms with Gasteiger partial charge in [0.25, 0.3) is 15.7 Å². The van der Waals surface area contributed by atoms with Crippen LogP contribution in [-0.2, 0) is 26.2 Å². The molecule has 0 aromatic heterocycles. The third kappa shape index (κ3) is 8.10. The maximum atomic E-state index is 13.9. The third-order valence-corrected chi connectivity index (χ3v) is 8.23. The number of unbranched alkanes of at least 4 members (excludes halogenated alkanes) is 1. The van der Waals surface area contributed by atoms with Crippen LogP contribution in [0.3, 0.4) is 0 Å². The Labute approximate surface area is 239 Å². The predicted molar refractivity (Wildman–Crippen MR) is 153 cm³/mol. The van der Waals surface area contributed by atoms with Crippen molar-refractivity contribution in [2.24, 2.45) is 0 Å². The van der Waals surface area contributed by atoms with Gasteiger partial charge in [0.2, 0.25) is 11.8 Å². The molecule has 3 aromatic carbocycles. The predicted octanol–water partition coefficient (Wildman–Crippen LogP) is 4.65. The molecule has 0 radical (unpaired) electrons. The molecule has 1 N–H and O–H groups in total. The molecule has 3 rings (SSSR count). The normalized spacial score (nSPS) is 11.9. The number of hydrogen-bond donors (Lipinski definition) is 1. The number of sulfonamides is 1. The van der Waals surface area contributed by atoms with Crippen LogP contribution in [-0.4, -0.2) is 49.2 Å². The lowest BCUT2D eigenvalue weighted by Gasteiger charge is -2.33. The number of nitrogens with zero attached hydrogens (tertiary/aromatic N) is 3. The Morgan fingerprint density at radius 2 is 1.61 bits per heavy atom. The summed E-state index contributed by atoms with van der Waals surface area (Å²) in [6.45, 7) is 3.38. The molecule has 12 heteroatoms. The number of nitro groups is 1. The van der Waals surface area contributed by atoms with Crippen molar-refractivity contribution >= 4 is 33.2 Å². The van der Waals surface area contributed by atoms with E-state index in [4.69, 9.17) is 0 Å². The second kappa shape index (κ2) is 14.4. The number of halogens is 1. The lowest BCUT2D eigenvalue weighted by atomic mass is 10.1. The first-order valence-corrected chi connectivity index (χ1v) is 14.7. The second-order valence-corrected chi connectivity index (χ2v) is 11.2. The van der Waals surface area contributed by atoms with Crippen LogP contribution in [0.4, 0.5) is 15.8 Å². The molecule has 0 aliphatic rings. The van der Waals surface area contributed by atoms with Crippen molar-refractivity contribution in [3.63, 3.8) is 0 Å². The number of nitro benzene ring substituents is 1. The number of rotatable bonds is 14. The lowest BCUT2D eigenvalue weighted by molar-refractivity contribution is -0.384. The Balaban J connectivity index is 2.03. The van der Waals surface area contributed by atoms with Gasteiger partial charge in [0, 0.05) is 25.2 Å². The average Bonchev–Trinajstić information content (AvgIpc) is 2.97. The first-order chi connectivity index (χ1) is 19.6. The van der Waals surface area contributed by atoms with Gasteiger partial charge in [-0.1, -0.05) is 50.6 Å². The first kappa shape index (κ1) is 31.2. The number of carbonyl (C=O) groups excluding carboxylic acids is 2. The monoisotopic (exact) mass is 584 g/mol. The van der Waals surface area contributed by atoms with Gasteiger partial charge in [-0.25, -0.2) is 12.8 Å². The van der Waals surface area contributed by atoms with Crippen molar-refractivity contribution in [2.75, 3.05) is 17.4 Å². The number of nitrogens with one attached hydrogen (secondary N) is 1. The van der Waals surface area contributed by atoms with Gasteiger partial charge in [0.1, 0.15) is 18.4 Å². The van der Waals surface area contributed by atoms with E-state index in [0.717, 1.165) is 29.3 Å². The SMILES string of the molecule is CCCCNC(=O)C(CC)N(Cc1ccc(F)cc1)C(=O)CN(c1ccc([N+](=O)[O-])cc1)S(=O)(=O)c1ccccc1. The molecule has 41 heavy (non-hydrogen) atoms. The summed E-state index contributed by atoms with van der Waals surface area (Å²) in [4.78, 5) is 38.9. The fourth-order valence-corrected chi connectivity index (χ4v) is 5.64. The van der Waals surface area contributed by atoms with Crippen LogP contribution >= 0.6 is 0 Å². The van der Waals surface area contributed by atoms with Gasteiger partial charge in [0.05, 0.1) is 15.5 Å². The quantitative estimate of drug-likeness (QED) is 0.167. The molecule has 0 aliphatic carbocycles. The van der Waals surface area contributed by atoms with Crippen LogP contribution in [0.25, 0.3) is 0 Å². The third-order valence-electron chi connectivity index (χ3n) is 6.44. The van der Waals surface area contributed by atoms with E-state index in [2.05, 4.69) is 5.32 Å². The fraction of sp³-hybridized carbons (Fsp3) is 0.310. The molecule has 10 nitrogen and oxygen atoms in total. The van der Waals surface area contributed by atoms with Gasteiger partial charge in [-0.05, 0) is 54.8 Å². The van der Waals surface area contributed by atoms with Crippen molar-refractivity contribution in [2.45, 2.75) is 50.6 Å². The highest BCUT2D eigenvalue weighted by molar-refractivity contribution is 7.92. The van der Waals surface area contributed by atoms with Crippen molar-refractivity contribution in [1.82, 2.24) is 10.2 Å². The highest BCUT2D eigenvalue weighted by atomic mass is 32.2. The van der Waals surface area contributed by atoms with E-state index in [1.807, 2.05) is 6.92 Å². The molecule has 0 saturated heterocycles. The molecule has 0 spiro atoms. The van der Waals surface area contributed by atoms with Crippen LogP contribution in [0.15, 0.2) is 83.8 Å². The molecule has 3 aromatic rings. The number of non-ortho nitro benzene ring substituents is 1. The first-order valence-electron chi connectivity index (χ1n) is 13.2. The zero-order valence-electron chi connectivity index (χ0n) is 22.9. The van der Waals surface area contributed by atoms with Crippen molar-refractivity contribution in [1.29, 1.82) is 0 Å². The minimum Gasteiger partial charge on any atom is -0.354 e. The van der Waals surface area contributed by atoms with E-state index < -0.39 is 39.3 Å². The van der Waals surface area contributed by atoms with Gasteiger partial charge in [-0.15, -0.1) is 0 Å². The van der Waals surface area contributed by atoms with E-state index in [9.17, 15) is 32.5 Å². The summed E-state index contributed by atoms with van der Waals surface area (Å²) >= 11 is 0. The second-order valence-electron chi connectivity index (χ2n) is 9.31. The molecule has 0 aliphatic heterocycles. The van der Waals surface area contributed by atoms with Gasteiger partial charge in [-0.3, -0.25) is 24.0 Å². The number of hydrogen-bond acceptors (Lipinski definition) is 6. The topological polar surface area (TPSA) is 130 Å². The molecular formula is C29H33FN4O6S. The standard InChI is InChI=1S/C29H33FN4O6S/c1-3-5-19-31-29(36)27(4-2)32(20-22-11-13-23(30)14-12-22)28(35)21-33(24-15-17-25(18-16-24)34(37)38)41(39,40)26-9-7-6-8-10-26/h6-18,27H,3-5,19-21H2,1-2H3,(H,31,36). The average molecular weight is 585 g/mol. The Hall–Kier alpha value is -4.32. The highest BCUT2D eigenvalue weighted by Gasteiger charge is 2.33. The molecule has 0 bridgehead atoms. The van der Waals surface area contributed by atoms with Gasteiger partial charge in [-0.2, -0.15) is 0 Å². The molecule has 0 fully saturated rings. The zero-order chi connectivity index (χ0) is 30.0. The number of carbonyl (C=O) groups is 2. The molecular weight excluding hydrogens is 551 g/mol. The summed E-state index contributed by atoms with van der Waals surface area (Å²) in [6.07, 6.45) is 1.85. The summed E-state index contributed by atoms with van der Waals surface area (Å²) in [5, 5.41) is 14.0. The molecule has 0 saturated carbocycles. The van der Waals surface area contributed by atoms with E-state index in [-0.39, 0.29) is 35.1 Å². The van der Waals surface area contributed by atoms with E-state index >= 15 is 0 Å². The largest absolute Gasteiger partial charge is 0.354 e. The van der Waals surface area contributed by atoms with Crippen LogP contribution in [0.1, 0.15) is 38.7 Å². The van der Waals surface area contributed by atoms with Crippen LogP contribution in [0, 0.1) is 15.9 Å². The number of benzene rings is 3. The Kier molecular flexibility index (Phi) is 10.9. The van der Waals surface area contributed by atoms with Gasteiger partial charge in [0.15, 0.2) is 0 Å². The summed E-state index contributed by atoms with van der Waals surface area (Å²) < 4.78 is 42.0. The van der Waals surface area contributed by atoms with Crippen LogP contribution in [0.5, 0.6) is 0 Å². The van der Waals surface area contributed by atoms with Crippen LogP contribution in [0.2, 0.25) is 0 Å². The molecule has 2 amide bonds. The van der Waals surface area contributed by atoms with Crippen LogP contribution < -0.4 is 9.62 Å². The number of anilines is 1.